The highest BCUT2D eigenvalue weighted by Gasteiger charge is 2.28. The highest BCUT2D eigenvalue weighted by atomic mass is 16.3. The lowest BCUT2D eigenvalue weighted by molar-refractivity contribution is 0.0976. The maximum absolute atomic E-state index is 12.3. The van der Waals surface area contributed by atoms with Crippen molar-refractivity contribution in [2.24, 2.45) is 11.8 Å². The van der Waals surface area contributed by atoms with Crippen LogP contribution in [0.1, 0.15) is 32.6 Å². The van der Waals surface area contributed by atoms with E-state index >= 15 is 0 Å². The first-order chi connectivity index (χ1) is 8.20. The Bertz CT molecular complexity index is 262. The van der Waals surface area contributed by atoms with Gasteiger partial charge in [-0.3, -0.25) is 0 Å². The summed E-state index contributed by atoms with van der Waals surface area (Å²) in [6, 6.07) is 0.190. The van der Waals surface area contributed by atoms with Crippen molar-refractivity contribution in [3.63, 3.8) is 0 Å². The van der Waals surface area contributed by atoms with E-state index in [1.165, 1.54) is 0 Å². The molecule has 98 valence electrons. The maximum atomic E-state index is 12.3. The summed E-state index contributed by atoms with van der Waals surface area (Å²) in [6.45, 7) is 5.87. The summed E-state index contributed by atoms with van der Waals surface area (Å²) in [5.41, 5.74) is 0. The highest BCUT2D eigenvalue weighted by Crippen LogP contribution is 2.21. The van der Waals surface area contributed by atoms with Crippen LogP contribution in [0, 0.1) is 11.8 Å². The van der Waals surface area contributed by atoms with Crippen LogP contribution in [0.4, 0.5) is 4.79 Å². The zero-order chi connectivity index (χ0) is 12.3. The Kier molecular flexibility index (Phi) is 4.26. The minimum atomic E-state index is 0.190. The quantitative estimate of drug-likeness (QED) is 0.755. The molecule has 2 aliphatic heterocycles. The fourth-order valence-electron chi connectivity index (χ4n) is 2.79. The molecular weight excluding hydrogens is 216 g/mol. The first-order valence-corrected chi connectivity index (χ1v) is 6.85. The third kappa shape index (κ3) is 3.12. The molecule has 0 saturated carbocycles. The molecule has 17 heavy (non-hydrogen) atoms. The van der Waals surface area contributed by atoms with Crippen LogP contribution in [0.15, 0.2) is 0 Å². The number of amides is 2. The van der Waals surface area contributed by atoms with E-state index in [0.29, 0.717) is 0 Å². The van der Waals surface area contributed by atoms with Crippen molar-refractivity contribution in [2.45, 2.75) is 32.6 Å². The number of carbonyl (C=O) groups excluding carboxylic acids is 1. The van der Waals surface area contributed by atoms with E-state index in [0.717, 1.165) is 57.8 Å². The molecule has 0 radical (unpaired) electrons. The number of nitrogens with zero attached hydrogens (tertiary/aromatic N) is 2. The van der Waals surface area contributed by atoms with Crippen molar-refractivity contribution in [3.8, 4) is 0 Å². The molecule has 1 unspecified atom stereocenters. The van der Waals surface area contributed by atoms with Crippen LogP contribution < -0.4 is 0 Å². The Labute approximate surface area is 104 Å². The molecule has 2 aliphatic rings. The fourth-order valence-corrected chi connectivity index (χ4v) is 2.79. The van der Waals surface area contributed by atoms with Crippen LogP contribution in [0.3, 0.4) is 0 Å². The Morgan fingerprint density at radius 1 is 1.18 bits per heavy atom. The molecule has 0 spiro atoms. The molecule has 2 amide bonds. The summed E-state index contributed by atoms with van der Waals surface area (Å²) < 4.78 is 0. The molecule has 0 aliphatic carbocycles. The van der Waals surface area contributed by atoms with Gasteiger partial charge in [-0.2, -0.15) is 0 Å². The molecule has 0 bridgehead atoms. The minimum Gasteiger partial charge on any atom is -0.396 e. The van der Waals surface area contributed by atoms with Crippen molar-refractivity contribution < 1.29 is 9.90 Å². The first kappa shape index (κ1) is 12.7. The van der Waals surface area contributed by atoms with Crippen LogP contribution in [-0.2, 0) is 0 Å². The Morgan fingerprint density at radius 2 is 1.88 bits per heavy atom. The largest absolute Gasteiger partial charge is 0.396 e. The van der Waals surface area contributed by atoms with Crippen molar-refractivity contribution >= 4 is 6.03 Å². The SMILES string of the molecule is CC1CCN(C(=O)N2CCCC(CO)C2)CC1. The van der Waals surface area contributed by atoms with Gasteiger partial charge in [-0.25, -0.2) is 4.79 Å². The predicted molar refractivity (Wildman–Crippen MR) is 66.7 cm³/mol. The molecular formula is C13H24N2O2. The Hall–Kier alpha value is -0.770. The number of hydrogen-bond donors (Lipinski definition) is 1. The van der Waals surface area contributed by atoms with Crippen LogP contribution in [-0.4, -0.2) is 53.7 Å². The van der Waals surface area contributed by atoms with E-state index in [1.807, 2.05) is 9.80 Å². The second-order valence-corrected chi connectivity index (χ2v) is 5.59. The monoisotopic (exact) mass is 240 g/mol. The highest BCUT2D eigenvalue weighted by molar-refractivity contribution is 5.74. The normalized spacial score (nSPS) is 27.3. The molecule has 2 rings (SSSR count). The lowest BCUT2D eigenvalue weighted by Gasteiger charge is -2.38. The van der Waals surface area contributed by atoms with E-state index in [9.17, 15) is 9.90 Å². The molecule has 0 aromatic carbocycles. The molecule has 0 aromatic rings. The lowest BCUT2D eigenvalue weighted by Crippen LogP contribution is -2.50. The molecule has 1 atom stereocenters. The Balaban J connectivity index is 1.86. The molecule has 4 heteroatoms. The zero-order valence-electron chi connectivity index (χ0n) is 10.8. The summed E-state index contributed by atoms with van der Waals surface area (Å²) in [6.07, 6.45) is 4.34. The molecule has 0 aromatic heterocycles. The van der Waals surface area contributed by atoms with E-state index in [1.54, 1.807) is 0 Å². The van der Waals surface area contributed by atoms with Gasteiger partial charge in [0.2, 0.25) is 0 Å². The number of urea groups is 1. The van der Waals surface area contributed by atoms with Gasteiger partial charge in [-0.1, -0.05) is 6.92 Å². The molecule has 2 fully saturated rings. The van der Waals surface area contributed by atoms with E-state index in [4.69, 9.17) is 0 Å². The minimum absolute atomic E-state index is 0.190. The summed E-state index contributed by atoms with van der Waals surface area (Å²) >= 11 is 0. The fraction of sp³-hybridized carbons (Fsp3) is 0.923. The Morgan fingerprint density at radius 3 is 2.53 bits per heavy atom. The van der Waals surface area contributed by atoms with E-state index in [2.05, 4.69) is 6.92 Å². The maximum Gasteiger partial charge on any atom is 0.320 e. The van der Waals surface area contributed by atoms with Gasteiger partial charge >= 0.3 is 6.03 Å². The van der Waals surface area contributed by atoms with Crippen LogP contribution in [0.5, 0.6) is 0 Å². The molecule has 2 saturated heterocycles. The van der Waals surface area contributed by atoms with Crippen LogP contribution in [0.25, 0.3) is 0 Å². The second-order valence-electron chi connectivity index (χ2n) is 5.59. The third-order valence-electron chi connectivity index (χ3n) is 4.10. The van der Waals surface area contributed by atoms with Crippen LogP contribution >= 0.6 is 0 Å². The lowest BCUT2D eigenvalue weighted by atomic mass is 9.98. The number of aliphatic hydroxyl groups is 1. The summed E-state index contributed by atoms with van der Waals surface area (Å²) in [5.74, 6) is 1.04. The smallest absolute Gasteiger partial charge is 0.320 e. The number of rotatable bonds is 1. The van der Waals surface area contributed by atoms with Gasteiger partial charge in [-0.05, 0) is 37.5 Å². The van der Waals surface area contributed by atoms with Gasteiger partial charge in [0.05, 0.1) is 0 Å². The zero-order valence-corrected chi connectivity index (χ0v) is 10.8. The average Bonchev–Trinajstić information content (AvgIpc) is 2.39. The topological polar surface area (TPSA) is 43.8 Å². The average molecular weight is 240 g/mol. The number of piperidine rings is 2. The van der Waals surface area contributed by atoms with Crippen molar-refractivity contribution in [1.82, 2.24) is 9.80 Å². The van der Waals surface area contributed by atoms with Crippen molar-refractivity contribution in [3.05, 3.63) is 0 Å². The molecule has 1 N–H and O–H groups in total. The van der Waals surface area contributed by atoms with Crippen LogP contribution in [0.2, 0.25) is 0 Å². The van der Waals surface area contributed by atoms with E-state index < -0.39 is 0 Å². The first-order valence-electron chi connectivity index (χ1n) is 6.85. The van der Waals surface area contributed by atoms with Gasteiger partial charge in [0.1, 0.15) is 0 Å². The molecule has 2 heterocycles. The van der Waals surface area contributed by atoms with Gasteiger partial charge in [0.25, 0.3) is 0 Å². The third-order valence-corrected chi connectivity index (χ3v) is 4.10. The van der Waals surface area contributed by atoms with Crippen molar-refractivity contribution in [2.75, 3.05) is 32.8 Å². The standard InChI is InChI=1S/C13H24N2O2/c1-11-4-7-14(8-5-11)13(17)15-6-2-3-12(9-15)10-16/h11-12,16H,2-10H2,1H3. The second kappa shape index (κ2) is 5.71. The molecule has 4 nitrogen and oxygen atoms in total. The number of hydrogen-bond acceptors (Lipinski definition) is 2. The number of likely N-dealkylation sites (tertiary alicyclic amines) is 2. The number of aliphatic hydroxyl groups excluding tert-OH is 1. The van der Waals surface area contributed by atoms with Crippen molar-refractivity contribution in [1.29, 1.82) is 0 Å². The summed E-state index contributed by atoms with van der Waals surface area (Å²) in [4.78, 5) is 16.2. The summed E-state index contributed by atoms with van der Waals surface area (Å²) in [7, 11) is 0. The number of carbonyl (C=O) groups is 1. The van der Waals surface area contributed by atoms with Gasteiger partial charge in [0.15, 0.2) is 0 Å². The van der Waals surface area contributed by atoms with E-state index in [-0.39, 0.29) is 18.6 Å². The van der Waals surface area contributed by atoms with Gasteiger partial charge in [-0.15, -0.1) is 0 Å². The predicted octanol–water partition coefficient (Wildman–Crippen LogP) is 1.54. The van der Waals surface area contributed by atoms with Gasteiger partial charge in [0, 0.05) is 32.8 Å². The summed E-state index contributed by atoms with van der Waals surface area (Å²) in [5, 5.41) is 9.18. The van der Waals surface area contributed by atoms with Gasteiger partial charge < -0.3 is 14.9 Å².